The summed E-state index contributed by atoms with van der Waals surface area (Å²) in [5, 5.41) is 3.34. The summed E-state index contributed by atoms with van der Waals surface area (Å²) in [6.07, 6.45) is 8.82. The highest BCUT2D eigenvalue weighted by Gasteiger charge is 1.94. The second kappa shape index (κ2) is 5.15. The van der Waals surface area contributed by atoms with Crippen molar-refractivity contribution in [1.29, 1.82) is 0 Å². The van der Waals surface area contributed by atoms with Gasteiger partial charge in [-0.05, 0) is 11.6 Å². The number of benzene rings is 1. The minimum absolute atomic E-state index is 0.840. The Hall–Kier alpha value is -1.83. The average Bonchev–Trinajstić information content (AvgIpc) is 2.56. The summed E-state index contributed by atoms with van der Waals surface area (Å²) in [5.41, 5.74) is 2.34. The van der Waals surface area contributed by atoms with Crippen molar-refractivity contribution in [3.8, 4) is 0 Å². The van der Waals surface area contributed by atoms with Gasteiger partial charge >= 0.3 is 0 Å². The van der Waals surface area contributed by atoms with Crippen molar-refractivity contribution in [2.75, 3.05) is 0 Å². The molecule has 0 bridgehead atoms. The van der Waals surface area contributed by atoms with Crippen LogP contribution in [0.5, 0.6) is 0 Å². The second-order valence-corrected chi connectivity index (χ2v) is 3.39. The predicted octanol–water partition coefficient (Wildman–Crippen LogP) is 2.65. The molecule has 1 N–H and O–H groups in total. The lowest BCUT2D eigenvalue weighted by molar-refractivity contribution is 0.830. The van der Waals surface area contributed by atoms with Gasteiger partial charge in [0.1, 0.15) is 0 Å². The van der Waals surface area contributed by atoms with Crippen LogP contribution in [-0.2, 0) is 6.54 Å². The first-order valence-corrected chi connectivity index (χ1v) is 5.11. The number of aliphatic imine (C=N–C) groups is 1. The third-order valence-corrected chi connectivity index (χ3v) is 2.20. The maximum atomic E-state index is 4.15. The van der Waals surface area contributed by atoms with E-state index in [0.29, 0.717) is 0 Å². The molecule has 0 fully saturated rings. The zero-order valence-electron chi connectivity index (χ0n) is 8.56. The number of hydrogen-bond donors (Lipinski definition) is 1. The summed E-state index contributed by atoms with van der Waals surface area (Å²) >= 11 is 0. The molecule has 1 aliphatic heterocycles. The van der Waals surface area contributed by atoms with Gasteiger partial charge in [-0.3, -0.25) is 4.99 Å². The van der Waals surface area contributed by atoms with Crippen LogP contribution in [0.1, 0.15) is 12.0 Å². The van der Waals surface area contributed by atoms with Crippen LogP contribution in [0.3, 0.4) is 0 Å². The van der Waals surface area contributed by atoms with Crippen LogP contribution in [0, 0.1) is 0 Å². The van der Waals surface area contributed by atoms with Gasteiger partial charge in [0.25, 0.3) is 0 Å². The van der Waals surface area contributed by atoms with Gasteiger partial charge in [0.05, 0.1) is 5.70 Å². The second-order valence-electron chi connectivity index (χ2n) is 3.39. The summed E-state index contributed by atoms with van der Waals surface area (Å²) in [6.45, 7) is 0.840. The lowest BCUT2D eigenvalue weighted by Gasteiger charge is -2.05. The number of allylic oxidation sites excluding steroid dienone is 2. The molecule has 1 aromatic rings. The van der Waals surface area contributed by atoms with Gasteiger partial charge in [0.15, 0.2) is 0 Å². The highest BCUT2D eigenvalue weighted by Crippen LogP contribution is 2.02. The average molecular weight is 198 g/mol. The maximum Gasteiger partial charge on any atom is 0.0525 e. The molecule has 1 aliphatic rings. The van der Waals surface area contributed by atoms with E-state index in [1.807, 2.05) is 30.6 Å². The molecule has 0 saturated heterocycles. The van der Waals surface area contributed by atoms with E-state index in [1.165, 1.54) is 5.56 Å². The monoisotopic (exact) mass is 198 g/mol. The van der Waals surface area contributed by atoms with E-state index in [1.54, 1.807) is 0 Å². The molecule has 1 heterocycles. The van der Waals surface area contributed by atoms with Crippen LogP contribution in [0.15, 0.2) is 59.4 Å². The van der Waals surface area contributed by atoms with Gasteiger partial charge in [-0.1, -0.05) is 36.4 Å². The van der Waals surface area contributed by atoms with Crippen molar-refractivity contribution >= 4 is 6.21 Å². The van der Waals surface area contributed by atoms with E-state index in [9.17, 15) is 0 Å². The minimum atomic E-state index is 0.840. The molecule has 0 spiro atoms. The van der Waals surface area contributed by atoms with E-state index < -0.39 is 0 Å². The van der Waals surface area contributed by atoms with Gasteiger partial charge < -0.3 is 5.32 Å². The maximum absolute atomic E-state index is 4.15. The van der Waals surface area contributed by atoms with Crippen LogP contribution >= 0.6 is 0 Å². The van der Waals surface area contributed by atoms with Gasteiger partial charge in [0.2, 0.25) is 0 Å². The van der Waals surface area contributed by atoms with E-state index in [0.717, 1.165) is 18.7 Å². The van der Waals surface area contributed by atoms with Crippen molar-refractivity contribution < 1.29 is 0 Å². The molecule has 2 nitrogen and oxygen atoms in total. The van der Waals surface area contributed by atoms with E-state index in [4.69, 9.17) is 0 Å². The van der Waals surface area contributed by atoms with E-state index in [-0.39, 0.29) is 0 Å². The molecule has 1 aromatic carbocycles. The van der Waals surface area contributed by atoms with Crippen LogP contribution in [-0.4, -0.2) is 6.21 Å². The Morgan fingerprint density at radius 2 is 2.07 bits per heavy atom. The molecule has 0 unspecified atom stereocenters. The Kier molecular flexibility index (Phi) is 3.34. The van der Waals surface area contributed by atoms with Crippen molar-refractivity contribution in [2.24, 2.45) is 4.99 Å². The smallest absolute Gasteiger partial charge is 0.0525 e. The van der Waals surface area contributed by atoms with Crippen LogP contribution in [0.2, 0.25) is 0 Å². The number of nitrogens with zero attached hydrogens (tertiary/aromatic N) is 1. The summed E-state index contributed by atoms with van der Waals surface area (Å²) in [4.78, 5) is 4.15. The molecule has 0 atom stereocenters. The lowest BCUT2D eigenvalue weighted by atomic mass is 10.2. The first-order chi connectivity index (χ1) is 7.45. The van der Waals surface area contributed by atoms with E-state index in [2.05, 4.69) is 34.6 Å². The number of hydrogen-bond acceptors (Lipinski definition) is 2. The quantitative estimate of drug-likeness (QED) is 0.793. The number of rotatable bonds is 3. The Balaban J connectivity index is 1.93. The molecule has 0 radical (unpaired) electrons. The molecule has 0 saturated carbocycles. The summed E-state index contributed by atoms with van der Waals surface area (Å²) in [5.74, 6) is 0. The van der Waals surface area contributed by atoms with Crippen LogP contribution in [0.25, 0.3) is 0 Å². The number of nitrogens with one attached hydrogen (secondary N) is 1. The largest absolute Gasteiger partial charge is 0.380 e. The summed E-state index contributed by atoms with van der Waals surface area (Å²) < 4.78 is 0. The van der Waals surface area contributed by atoms with Crippen LogP contribution < -0.4 is 5.32 Å². The normalized spacial score (nSPS) is 14.5. The van der Waals surface area contributed by atoms with Gasteiger partial charge in [0, 0.05) is 25.4 Å². The predicted molar refractivity (Wildman–Crippen MR) is 63.6 cm³/mol. The molecule has 0 amide bonds. The summed E-state index contributed by atoms with van der Waals surface area (Å²) in [6, 6.07) is 10.3. The first-order valence-electron chi connectivity index (χ1n) is 5.11. The fraction of sp³-hybridized carbons (Fsp3) is 0.154. The van der Waals surface area contributed by atoms with Gasteiger partial charge in [-0.2, -0.15) is 0 Å². The minimum Gasteiger partial charge on any atom is -0.380 e. The fourth-order valence-electron chi connectivity index (χ4n) is 1.40. The molecular formula is C13H14N2. The molecular weight excluding hydrogens is 184 g/mol. The fourth-order valence-corrected chi connectivity index (χ4v) is 1.40. The molecule has 0 aromatic heterocycles. The SMILES string of the molecule is C1=CC(NCc2ccccc2)=CN=CC1. The Labute approximate surface area is 90.0 Å². The molecule has 15 heavy (non-hydrogen) atoms. The third kappa shape index (κ3) is 3.09. The summed E-state index contributed by atoms with van der Waals surface area (Å²) in [7, 11) is 0. The third-order valence-electron chi connectivity index (χ3n) is 2.20. The molecule has 2 rings (SSSR count). The molecule has 76 valence electrons. The highest BCUT2D eigenvalue weighted by atomic mass is 14.9. The molecule has 2 heteroatoms. The zero-order valence-corrected chi connectivity index (χ0v) is 8.56. The standard InChI is InChI=1S/C13H14N2/c1-2-6-12(7-3-1)10-15-13-8-4-5-9-14-11-13/h1-4,6-9,11,15H,5,10H2. The van der Waals surface area contributed by atoms with Crippen molar-refractivity contribution in [3.63, 3.8) is 0 Å². The highest BCUT2D eigenvalue weighted by molar-refractivity contribution is 5.61. The topological polar surface area (TPSA) is 24.4 Å². The van der Waals surface area contributed by atoms with E-state index >= 15 is 0 Å². The first kappa shape index (κ1) is 9.71. The van der Waals surface area contributed by atoms with Gasteiger partial charge in [-0.25, -0.2) is 0 Å². The van der Waals surface area contributed by atoms with Gasteiger partial charge in [-0.15, -0.1) is 0 Å². The van der Waals surface area contributed by atoms with Crippen LogP contribution in [0.4, 0.5) is 0 Å². The van der Waals surface area contributed by atoms with Crippen molar-refractivity contribution in [2.45, 2.75) is 13.0 Å². The van der Waals surface area contributed by atoms with Crippen molar-refractivity contribution in [1.82, 2.24) is 5.32 Å². The Morgan fingerprint density at radius 3 is 2.93 bits per heavy atom. The van der Waals surface area contributed by atoms with Crippen molar-refractivity contribution in [3.05, 3.63) is 59.9 Å². The lowest BCUT2D eigenvalue weighted by Crippen LogP contribution is -2.10. The Bertz CT molecular complexity index is 388. The zero-order chi connectivity index (χ0) is 10.3. The molecule has 0 aliphatic carbocycles. The Morgan fingerprint density at radius 1 is 1.20 bits per heavy atom.